The molecule has 1 aliphatic rings. The topological polar surface area (TPSA) is 93.7 Å². The van der Waals surface area contributed by atoms with Gasteiger partial charge in [-0.25, -0.2) is 4.90 Å². The Bertz CT molecular complexity index is 1390. The van der Waals surface area contributed by atoms with Crippen LogP contribution in [0.4, 0.5) is 29.3 Å². The second-order valence-corrected chi connectivity index (χ2v) is 8.61. The number of furan rings is 1. The lowest BCUT2D eigenvalue weighted by atomic mass is 10.1. The lowest BCUT2D eigenvalue weighted by molar-refractivity contribution is -0.384. The van der Waals surface area contributed by atoms with Gasteiger partial charge in [0.05, 0.1) is 31.1 Å². The standard InChI is InChI=1S/C21H9Cl2F3N2O5S/c22-15-5-2-10(7-14(15)21(24,25)26)27-19(29)18(34-20(27)30)9-12-3-6-17(33-12)13-4-1-11(28(31)32)8-16(13)23/h1-9H/b18-9+. The third-order valence-electron chi connectivity index (χ3n) is 4.64. The van der Waals surface area contributed by atoms with E-state index in [9.17, 15) is 32.9 Å². The number of rotatable bonds is 4. The van der Waals surface area contributed by atoms with Crippen LogP contribution in [-0.4, -0.2) is 16.1 Å². The first kappa shape index (κ1) is 23.9. The Morgan fingerprint density at radius 2 is 1.76 bits per heavy atom. The maximum absolute atomic E-state index is 13.2. The zero-order chi connectivity index (χ0) is 24.8. The number of anilines is 1. The minimum atomic E-state index is -4.77. The molecule has 0 radical (unpaired) electrons. The van der Waals surface area contributed by atoms with Crippen molar-refractivity contribution in [3.63, 3.8) is 0 Å². The van der Waals surface area contributed by atoms with Crippen LogP contribution in [0.2, 0.25) is 10.0 Å². The van der Waals surface area contributed by atoms with Gasteiger partial charge < -0.3 is 4.42 Å². The van der Waals surface area contributed by atoms with Crippen molar-refractivity contribution in [3.05, 3.63) is 84.9 Å². The van der Waals surface area contributed by atoms with Crippen LogP contribution in [0.15, 0.2) is 57.9 Å². The lowest BCUT2D eigenvalue weighted by Gasteiger charge is -2.16. The van der Waals surface area contributed by atoms with E-state index in [4.69, 9.17) is 27.6 Å². The van der Waals surface area contributed by atoms with Crippen LogP contribution in [0, 0.1) is 10.1 Å². The van der Waals surface area contributed by atoms with Crippen molar-refractivity contribution in [1.82, 2.24) is 0 Å². The SMILES string of the molecule is O=C1S/C(=C/c2ccc(-c3ccc([N+](=O)[O-])cc3Cl)o2)C(=O)N1c1ccc(Cl)c(C(F)(F)F)c1. The van der Waals surface area contributed by atoms with Gasteiger partial charge in [-0.1, -0.05) is 23.2 Å². The molecular weight excluding hydrogens is 520 g/mol. The van der Waals surface area contributed by atoms with Crippen LogP contribution >= 0.6 is 35.0 Å². The summed E-state index contributed by atoms with van der Waals surface area (Å²) in [6.07, 6.45) is -3.51. The largest absolute Gasteiger partial charge is 0.457 e. The van der Waals surface area contributed by atoms with Gasteiger partial charge in [-0.3, -0.25) is 19.7 Å². The summed E-state index contributed by atoms with van der Waals surface area (Å²) in [5.41, 5.74) is -1.29. The maximum Gasteiger partial charge on any atom is 0.417 e. The van der Waals surface area contributed by atoms with Gasteiger partial charge in [0, 0.05) is 23.8 Å². The molecule has 1 aliphatic heterocycles. The Morgan fingerprint density at radius 1 is 1.03 bits per heavy atom. The molecule has 2 amide bonds. The number of nitro benzene ring substituents is 1. The monoisotopic (exact) mass is 528 g/mol. The number of imide groups is 1. The Labute approximate surface area is 202 Å². The van der Waals surface area contributed by atoms with Crippen LogP contribution in [0.1, 0.15) is 11.3 Å². The smallest absolute Gasteiger partial charge is 0.417 e. The molecule has 34 heavy (non-hydrogen) atoms. The Kier molecular flexibility index (Phi) is 6.19. The van der Waals surface area contributed by atoms with Crippen LogP contribution in [0.5, 0.6) is 0 Å². The molecule has 2 aromatic carbocycles. The first-order valence-corrected chi connectivity index (χ1v) is 10.7. The summed E-state index contributed by atoms with van der Waals surface area (Å²) < 4.78 is 45.1. The average molecular weight is 529 g/mol. The summed E-state index contributed by atoms with van der Waals surface area (Å²) in [6.45, 7) is 0. The van der Waals surface area contributed by atoms with E-state index in [1.165, 1.54) is 30.3 Å². The predicted molar refractivity (Wildman–Crippen MR) is 121 cm³/mol. The van der Waals surface area contributed by atoms with Crippen LogP contribution in [0.25, 0.3) is 17.4 Å². The summed E-state index contributed by atoms with van der Waals surface area (Å²) in [5, 5.41) is 9.57. The van der Waals surface area contributed by atoms with Crippen molar-refractivity contribution < 1.29 is 32.1 Å². The Morgan fingerprint density at radius 3 is 2.41 bits per heavy atom. The molecule has 0 N–H and O–H groups in total. The molecule has 174 valence electrons. The number of thioether (sulfide) groups is 1. The van der Waals surface area contributed by atoms with E-state index in [0.29, 0.717) is 28.3 Å². The summed E-state index contributed by atoms with van der Waals surface area (Å²) in [4.78, 5) is 36.0. The number of benzene rings is 2. The molecule has 3 aromatic rings. The molecule has 0 bridgehead atoms. The van der Waals surface area contributed by atoms with Crippen LogP contribution in [0.3, 0.4) is 0 Å². The van der Waals surface area contributed by atoms with Crippen molar-refractivity contribution in [1.29, 1.82) is 0 Å². The number of halogens is 5. The molecule has 0 aliphatic carbocycles. The fraction of sp³-hybridized carbons (Fsp3) is 0.0476. The van der Waals surface area contributed by atoms with Crippen molar-refractivity contribution in [2.45, 2.75) is 6.18 Å². The number of nitrogens with zero attached hydrogens (tertiary/aromatic N) is 2. The number of non-ortho nitro benzene ring substituents is 1. The highest BCUT2D eigenvalue weighted by Crippen LogP contribution is 2.41. The van der Waals surface area contributed by atoms with Crippen molar-refractivity contribution >= 4 is 63.6 Å². The predicted octanol–water partition coefficient (Wildman–Crippen LogP) is 7.42. The highest BCUT2D eigenvalue weighted by atomic mass is 35.5. The molecule has 1 saturated heterocycles. The number of carbonyl (C=O) groups is 2. The number of nitro groups is 1. The molecule has 0 spiro atoms. The maximum atomic E-state index is 13.2. The van der Waals surface area contributed by atoms with E-state index >= 15 is 0 Å². The molecule has 1 aromatic heterocycles. The van der Waals surface area contributed by atoms with E-state index in [-0.39, 0.29) is 32.8 Å². The second-order valence-electron chi connectivity index (χ2n) is 6.80. The molecular formula is C21H9Cl2F3N2O5S. The normalized spacial score (nSPS) is 15.4. The van der Waals surface area contributed by atoms with Crippen LogP contribution in [-0.2, 0) is 11.0 Å². The molecule has 2 heterocycles. The van der Waals surface area contributed by atoms with Gasteiger partial charge in [-0.05, 0) is 48.2 Å². The first-order valence-electron chi connectivity index (χ1n) is 9.14. The van der Waals surface area contributed by atoms with E-state index < -0.39 is 32.8 Å². The lowest BCUT2D eigenvalue weighted by Crippen LogP contribution is -2.28. The summed E-state index contributed by atoms with van der Waals surface area (Å²) >= 11 is 12.2. The highest BCUT2D eigenvalue weighted by molar-refractivity contribution is 8.19. The highest BCUT2D eigenvalue weighted by Gasteiger charge is 2.39. The van der Waals surface area contributed by atoms with Gasteiger partial charge in [0.1, 0.15) is 11.5 Å². The average Bonchev–Trinajstić information content (AvgIpc) is 3.32. The van der Waals surface area contributed by atoms with Crippen molar-refractivity contribution in [3.8, 4) is 11.3 Å². The third kappa shape index (κ3) is 4.54. The molecule has 0 atom stereocenters. The van der Waals surface area contributed by atoms with E-state index in [0.717, 1.165) is 18.2 Å². The fourth-order valence-electron chi connectivity index (χ4n) is 3.08. The van der Waals surface area contributed by atoms with Crippen LogP contribution < -0.4 is 4.90 Å². The Balaban J connectivity index is 1.62. The minimum absolute atomic E-state index is 0.0682. The van der Waals surface area contributed by atoms with Gasteiger partial charge in [0.25, 0.3) is 16.8 Å². The van der Waals surface area contributed by atoms with Gasteiger partial charge in [0.15, 0.2) is 0 Å². The minimum Gasteiger partial charge on any atom is -0.457 e. The molecule has 13 heteroatoms. The zero-order valence-corrected chi connectivity index (χ0v) is 18.8. The second kappa shape index (κ2) is 8.82. The number of amides is 2. The molecule has 7 nitrogen and oxygen atoms in total. The van der Waals surface area contributed by atoms with E-state index in [1.54, 1.807) is 0 Å². The molecule has 0 unspecified atom stereocenters. The van der Waals surface area contributed by atoms with Gasteiger partial charge in [0.2, 0.25) is 0 Å². The molecule has 4 rings (SSSR count). The number of hydrogen-bond acceptors (Lipinski definition) is 6. The van der Waals surface area contributed by atoms with E-state index in [1.807, 2.05) is 0 Å². The van der Waals surface area contributed by atoms with Gasteiger partial charge in [-0.2, -0.15) is 13.2 Å². The van der Waals surface area contributed by atoms with E-state index in [2.05, 4.69) is 0 Å². The number of carbonyl (C=O) groups excluding carboxylic acids is 2. The fourth-order valence-corrected chi connectivity index (χ4v) is 4.40. The van der Waals surface area contributed by atoms with Crippen molar-refractivity contribution in [2.24, 2.45) is 0 Å². The summed E-state index contributed by atoms with van der Waals surface area (Å²) in [7, 11) is 0. The summed E-state index contributed by atoms with van der Waals surface area (Å²) in [6, 6.07) is 9.52. The summed E-state index contributed by atoms with van der Waals surface area (Å²) in [5.74, 6) is -0.434. The number of alkyl halides is 3. The Hall–Kier alpha value is -3.28. The molecule has 0 saturated carbocycles. The molecule has 1 fully saturated rings. The first-order chi connectivity index (χ1) is 16.0. The van der Waals surface area contributed by atoms with Gasteiger partial charge >= 0.3 is 6.18 Å². The van der Waals surface area contributed by atoms with Crippen molar-refractivity contribution in [2.75, 3.05) is 4.90 Å². The zero-order valence-electron chi connectivity index (χ0n) is 16.4. The number of hydrogen-bond donors (Lipinski definition) is 0. The van der Waals surface area contributed by atoms with Gasteiger partial charge in [-0.15, -0.1) is 0 Å². The third-order valence-corrected chi connectivity index (χ3v) is 6.15. The quantitative estimate of drug-likeness (QED) is 0.198.